The number of morpholine rings is 1. The SMILES string of the molecule is Cc1ncnc(NCC2CNCCO2)c1F. The van der Waals surface area contributed by atoms with E-state index < -0.39 is 5.82 Å². The number of hydrogen-bond acceptors (Lipinski definition) is 5. The van der Waals surface area contributed by atoms with Crippen LogP contribution >= 0.6 is 0 Å². The first-order chi connectivity index (χ1) is 7.77. The molecule has 1 aliphatic rings. The number of rotatable bonds is 3. The maximum atomic E-state index is 13.5. The maximum Gasteiger partial charge on any atom is 0.186 e. The number of hydrogen-bond donors (Lipinski definition) is 2. The third-order valence-electron chi connectivity index (χ3n) is 2.47. The van der Waals surface area contributed by atoms with Crippen LogP contribution in [-0.4, -0.2) is 42.3 Å². The molecule has 0 bridgehead atoms. The average Bonchev–Trinajstić information content (AvgIpc) is 2.32. The van der Waals surface area contributed by atoms with Crippen molar-refractivity contribution in [3.05, 3.63) is 17.8 Å². The van der Waals surface area contributed by atoms with Crippen LogP contribution < -0.4 is 10.6 Å². The molecular weight excluding hydrogens is 211 g/mol. The molecule has 0 saturated carbocycles. The number of nitrogens with zero attached hydrogens (tertiary/aromatic N) is 2. The Kier molecular flexibility index (Phi) is 3.63. The molecule has 0 radical (unpaired) electrons. The lowest BCUT2D eigenvalue weighted by Gasteiger charge is -2.24. The number of ether oxygens (including phenoxy) is 1. The second-order valence-electron chi connectivity index (χ2n) is 3.70. The molecule has 1 aliphatic heterocycles. The fourth-order valence-corrected chi connectivity index (χ4v) is 1.54. The third kappa shape index (κ3) is 2.65. The molecule has 0 amide bonds. The minimum absolute atomic E-state index is 0.0587. The fourth-order valence-electron chi connectivity index (χ4n) is 1.54. The number of halogens is 1. The molecule has 2 heterocycles. The van der Waals surface area contributed by atoms with Gasteiger partial charge >= 0.3 is 0 Å². The maximum absolute atomic E-state index is 13.5. The minimum atomic E-state index is -0.397. The quantitative estimate of drug-likeness (QED) is 0.777. The smallest absolute Gasteiger partial charge is 0.186 e. The topological polar surface area (TPSA) is 59.1 Å². The first-order valence-corrected chi connectivity index (χ1v) is 5.30. The summed E-state index contributed by atoms with van der Waals surface area (Å²) in [5.74, 6) is -0.159. The Morgan fingerprint density at radius 1 is 1.62 bits per heavy atom. The van der Waals surface area contributed by atoms with Gasteiger partial charge in [-0.15, -0.1) is 0 Å². The van der Waals surface area contributed by atoms with E-state index >= 15 is 0 Å². The highest BCUT2D eigenvalue weighted by atomic mass is 19.1. The number of anilines is 1. The second kappa shape index (κ2) is 5.18. The van der Waals surface area contributed by atoms with Gasteiger partial charge < -0.3 is 15.4 Å². The Morgan fingerprint density at radius 2 is 2.50 bits per heavy atom. The summed E-state index contributed by atoms with van der Waals surface area (Å²) in [5, 5.41) is 6.14. The monoisotopic (exact) mass is 226 g/mol. The van der Waals surface area contributed by atoms with Crippen LogP contribution in [0.25, 0.3) is 0 Å². The number of aryl methyl sites for hydroxylation is 1. The van der Waals surface area contributed by atoms with Gasteiger partial charge in [0.2, 0.25) is 0 Å². The van der Waals surface area contributed by atoms with Crippen LogP contribution in [0.4, 0.5) is 10.2 Å². The van der Waals surface area contributed by atoms with Crippen LogP contribution in [0, 0.1) is 12.7 Å². The van der Waals surface area contributed by atoms with Gasteiger partial charge in [0.15, 0.2) is 11.6 Å². The van der Waals surface area contributed by atoms with Crippen molar-refractivity contribution in [2.24, 2.45) is 0 Å². The van der Waals surface area contributed by atoms with E-state index in [0.29, 0.717) is 18.8 Å². The molecule has 1 aromatic rings. The summed E-state index contributed by atoms with van der Waals surface area (Å²) in [6.45, 7) is 4.50. The molecule has 0 spiro atoms. The van der Waals surface area contributed by atoms with Gasteiger partial charge in [0, 0.05) is 19.6 Å². The molecule has 6 heteroatoms. The average molecular weight is 226 g/mol. The van der Waals surface area contributed by atoms with Crippen molar-refractivity contribution in [1.29, 1.82) is 0 Å². The van der Waals surface area contributed by atoms with E-state index in [2.05, 4.69) is 20.6 Å². The van der Waals surface area contributed by atoms with Crippen molar-refractivity contribution in [2.75, 3.05) is 31.6 Å². The highest BCUT2D eigenvalue weighted by molar-refractivity contribution is 5.36. The molecule has 1 unspecified atom stereocenters. The van der Waals surface area contributed by atoms with Gasteiger partial charge in [-0.05, 0) is 6.92 Å². The zero-order valence-corrected chi connectivity index (χ0v) is 9.16. The van der Waals surface area contributed by atoms with Gasteiger partial charge in [0.1, 0.15) is 6.33 Å². The second-order valence-corrected chi connectivity index (χ2v) is 3.70. The molecule has 1 saturated heterocycles. The predicted molar refractivity (Wildman–Crippen MR) is 57.8 cm³/mol. The van der Waals surface area contributed by atoms with E-state index in [9.17, 15) is 4.39 Å². The van der Waals surface area contributed by atoms with Crippen LogP contribution in [0.15, 0.2) is 6.33 Å². The summed E-state index contributed by atoms with van der Waals surface area (Å²) in [6, 6.07) is 0. The summed E-state index contributed by atoms with van der Waals surface area (Å²) in [5.41, 5.74) is 0.347. The van der Waals surface area contributed by atoms with Crippen molar-refractivity contribution in [1.82, 2.24) is 15.3 Å². The summed E-state index contributed by atoms with van der Waals surface area (Å²) < 4.78 is 19.0. The summed E-state index contributed by atoms with van der Waals surface area (Å²) in [6.07, 6.45) is 1.41. The highest BCUT2D eigenvalue weighted by Crippen LogP contribution is 2.11. The Balaban J connectivity index is 1.91. The summed E-state index contributed by atoms with van der Waals surface area (Å²) in [4.78, 5) is 7.61. The van der Waals surface area contributed by atoms with Crippen LogP contribution in [0.2, 0.25) is 0 Å². The van der Waals surface area contributed by atoms with Crippen LogP contribution in [0.3, 0.4) is 0 Å². The molecule has 16 heavy (non-hydrogen) atoms. The van der Waals surface area contributed by atoms with Crippen LogP contribution in [0.1, 0.15) is 5.69 Å². The van der Waals surface area contributed by atoms with Crippen LogP contribution in [-0.2, 0) is 4.74 Å². The molecule has 2 rings (SSSR count). The van der Waals surface area contributed by atoms with Gasteiger partial charge in [0.25, 0.3) is 0 Å². The number of aromatic nitrogens is 2. The lowest BCUT2D eigenvalue weighted by Crippen LogP contribution is -2.42. The fraction of sp³-hybridized carbons (Fsp3) is 0.600. The Hall–Kier alpha value is -1.27. The molecule has 1 atom stereocenters. The molecule has 2 N–H and O–H groups in total. The number of nitrogens with one attached hydrogen (secondary N) is 2. The van der Waals surface area contributed by atoms with E-state index in [0.717, 1.165) is 13.1 Å². The molecule has 1 fully saturated rings. The van der Waals surface area contributed by atoms with Gasteiger partial charge in [0.05, 0.1) is 18.4 Å². The molecule has 5 nitrogen and oxygen atoms in total. The lowest BCUT2D eigenvalue weighted by atomic mass is 10.3. The van der Waals surface area contributed by atoms with Crippen molar-refractivity contribution >= 4 is 5.82 Å². The summed E-state index contributed by atoms with van der Waals surface area (Å²) >= 11 is 0. The molecular formula is C10H15FN4O. The highest BCUT2D eigenvalue weighted by Gasteiger charge is 2.14. The first-order valence-electron chi connectivity index (χ1n) is 5.30. The van der Waals surface area contributed by atoms with Crippen molar-refractivity contribution in [3.8, 4) is 0 Å². The van der Waals surface area contributed by atoms with Crippen molar-refractivity contribution in [3.63, 3.8) is 0 Å². The van der Waals surface area contributed by atoms with E-state index in [4.69, 9.17) is 4.74 Å². The third-order valence-corrected chi connectivity index (χ3v) is 2.47. The van der Waals surface area contributed by atoms with Gasteiger partial charge in [-0.1, -0.05) is 0 Å². The Labute approximate surface area is 93.4 Å². The van der Waals surface area contributed by atoms with E-state index in [1.54, 1.807) is 6.92 Å². The van der Waals surface area contributed by atoms with Crippen molar-refractivity contribution in [2.45, 2.75) is 13.0 Å². The molecule has 0 aliphatic carbocycles. The van der Waals surface area contributed by atoms with Crippen molar-refractivity contribution < 1.29 is 9.13 Å². The minimum Gasteiger partial charge on any atom is -0.374 e. The first kappa shape index (κ1) is 11.2. The Morgan fingerprint density at radius 3 is 3.25 bits per heavy atom. The molecule has 88 valence electrons. The zero-order valence-electron chi connectivity index (χ0n) is 9.16. The normalized spacial score (nSPS) is 20.8. The van der Waals surface area contributed by atoms with Gasteiger partial charge in [-0.2, -0.15) is 0 Å². The standard InChI is InChI=1S/C10H15FN4O/c1-7-9(11)10(15-6-14-7)13-5-8-4-12-2-3-16-8/h6,8,12H,2-5H2,1H3,(H,13,14,15). The lowest BCUT2D eigenvalue weighted by molar-refractivity contribution is 0.0371. The van der Waals surface area contributed by atoms with E-state index in [-0.39, 0.29) is 11.9 Å². The van der Waals surface area contributed by atoms with E-state index in [1.165, 1.54) is 6.33 Å². The zero-order chi connectivity index (χ0) is 11.4. The molecule has 0 aromatic carbocycles. The van der Waals surface area contributed by atoms with E-state index in [1.807, 2.05) is 0 Å². The Bertz CT molecular complexity index is 355. The van der Waals surface area contributed by atoms with Crippen LogP contribution in [0.5, 0.6) is 0 Å². The van der Waals surface area contributed by atoms with Gasteiger partial charge in [-0.3, -0.25) is 0 Å². The molecule has 1 aromatic heterocycles. The predicted octanol–water partition coefficient (Wildman–Crippen LogP) is 0.324. The largest absolute Gasteiger partial charge is 0.374 e. The van der Waals surface area contributed by atoms with Gasteiger partial charge in [-0.25, -0.2) is 14.4 Å². The summed E-state index contributed by atoms with van der Waals surface area (Å²) in [7, 11) is 0.